The molecule has 0 bridgehead atoms. The van der Waals surface area contributed by atoms with E-state index in [1.54, 1.807) is 13.0 Å². The van der Waals surface area contributed by atoms with Crippen molar-refractivity contribution in [2.24, 2.45) is 5.73 Å². The van der Waals surface area contributed by atoms with Gasteiger partial charge in [-0.05, 0) is 39.3 Å². The van der Waals surface area contributed by atoms with Gasteiger partial charge >= 0.3 is 0 Å². The first-order chi connectivity index (χ1) is 9.24. The number of rotatable bonds is 6. The van der Waals surface area contributed by atoms with E-state index in [0.29, 0.717) is 17.9 Å². The van der Waals surface area contributed by atoms with Crippen LogP contribution in [0.1, 0.15) is 40.5 Å². The molecule has 0 heterocycles. The number of nitrogens with one attached hydrogen (secondary N) is 1. The van der Waals surface area contributed by atoms with Crippen LogP contribution in [0, 0.1) is 0 Å². The van der Waals surface area contributed by atoms with Crippen molar-refractivity contribution in [1.82, 2.24) is 0 Å². The van der Waals surface area contributed by atoms with Gasteiger partial charge < -0.3 is 15.8 Å². The number of carbonyl (C=O) groups excluding carboxylic acids is 1. The van der Waals surface area contributed by atoms with E-state index in [0.717, 1.165) is 10.9 Å². The van der Waals surface area contributed by atoms with Crippen LogP contribution in [-0.4, -0.2) is 17.6 Å². The van der Waals surface area contributed by atoms with Crippen LogP contribution in [0.5, 0.6) is 5.75 Å². The summed E-state index contributed by atoms with van der Waals surface area (Å²) in [6.07, 6.45) is 1.58. The largest absolute Gasteiger partial charge is 0.491 e. The van der Waals surface area contributed by atoms with Gasteiger partial charge in [-0.3, -0.25) is 4.79 Å². The van der Waals surface area contributed by atoms with E-state index in [-0.39, 0.29) is 12.0 Å². The van der Waals surface area contributed by atoms with Gasteiger partial charge in [0.05, 0.1) is 11.6 Å². The number of nitrogens with two attached hydrogens (primary N) is 1. The monoisotopic (exact) mass is 342 g/mol. The number of carbonyl (C=O) groups is 1. The zero-order valence-corrected chi connectivity index (χ0v) is 14.1. The number of benzene rings is 1. The standard InChI is InChI=1S/C15H23BrN2O2/c1-5-6-15(4,17)14(19)18-12-7-11(16)8-13(9-12)20-10(2)3/h7-10H,5-6,17H2,1-4H3,(H,18,19). The lowest BCUT2D eigenvalue weighted by molar-refractivity contribution is -0.120. The quantitative estimate of drug-likeness (QED) is 0.828. The van der Waals surface area contributed by atoms with Crippen LogP contribution in [0.3, 0.4) is 0 Å². The van der Waals surface area contributed by atoms with Gasteiger partial charge in [-0.1, -0.05) is 29.3 Å². The number of anilines is 1. The Kier molecular flexibility index (Phi) is 6.02. The van der Waals surface area contributed by atoms with Gasteiger partial charge in [0.25, 0.3) is 0 Å². The molecular weight excluding hydrogens is 320 g/mol. The van der Waals surface area contributed by atoms with Crippen molar-refractivity contribution in [3.05, 3.63) is 22.7 Å². The minimum Gasteiger partial charge on any atom is -0.491 e. The summed E-state index contributed by atoms with van der Waals surface area (Å²) in [7, 11) is 0. The second-order valence-corrected chi connectivity index (χ2v) is 6.38. The lowest BCUT2D eigenvalue weighted by Gasteiger charge is -2.23. The molecule has 0 fully saturated rings. The molecule has 20 heavy (non-hydrogen) atoms. The zero-order chi connectivity index (χ0) is 15.3. The van der Waals surface area contributed by atoms with Crippen LogP contribution in [0.25, 0.3) is 0 Å². The van der Waals surface area contributed by atoms with Gasteiger partial charge in [-0.15, -0.1) is 0 Å². The molecule has 0 aliphatic heterocycles. The summed E-state index contributed by atoms with van der Waals surface area (Å²) in [5, 5.41) is 2.85. The highest BCUT2D eigenvalue weighted by Crippen LogP contribution is 2.26. The van der Waals surface area contributed by atoms with Crippen LogP contribution >= 0.6 is 15.9 Å². The Balaban J connectivity index is 2.87. The Morgan fingerprint density at radius 2 is 2.10 bits per heavy atom. The van der Waals surface area contributed by atoms with Gasteiger partial charge in [-0.25, -0.2) is 0 Å². The fraction of sp³-hybridized carbons (Fsp3) is 0.533. The molecule has 0 spiro atoms. The van der Waals surface area contributed by atoms with Crippen LogP contribution in [0.4, 0.5) is 5.69 Å². The number of hydrogen-bond acceptors (Lipinski definition) is 3. The summed E-state index contributed by atoms with van der Waals surface area (Å²) in [6, 6.07) is 5.49. The molecule has 0 saturated carbocycles. The first kappa shape index (κ1) is 17.0. The molecule has 0 aliphatic rings. The predicted molar refractivity (Wildman–Crippen MR) is 86.0 cm³/mol. The number of halogens is 1. The minimum absolute atomic E-state index is 0.0766. The molecule has 5 heteroatoms. The van der Waals surface area contributed by atoms with Gasteiger partial charge in [0.15, 0.2) is 0 Å². The summed E-state index contributed by atoms with van der Waals surface area (Å²) in [5.41, 5.74) is 5.83. The summed E-state index contributed by atoms with van der Waals surface area (Å²) >= 11 is 3.41. The molecule has 0 saturated heterocycles. The van der Waals surface area contributed by atoms with Crippen molar-refractivity contribution in [3.8, 4) is 5.75 Å². The lowest BCUT2D eigenvalue weighted by atomic mass is 9.96. The Hall–Kier alpha value is -1.07. The van der Waals surface area contributed by atoms with Crippen molar-refractivity contribution in [2.75, 3.05) is 5.32 Å². The average Bonchev–Trinajstić information content (AvgIpc) is 2.26. The van der Waals surface area contributed by atoms with E-state index >= 15 is 0 Å². The predicted octanol–water partition coefficient (Wildman–Crippen LogP) is 3.69. The zero-order valence-electron chi connectivity index (χ0n) is 12.5. The molecule has 3 N–H and O–H groups in total. The Morgan fingerprint density at radius 1 is 1.45 bits per heavy atom. The maximum absolute atomic E-state index is 12.2. The third-order valence-corrected chi connectivity index (χ3v) is 3.25. The molecule has 1 atom stereocenters. The topological polar surface area (TPSA) is 64.4 Å². The Labute approximate surface area is 129 Å². The van der Waals surface area contributed by atoms with Crippen LogP contribution in [-0.2, 0) is 4.79 Å². The highest BCUT2D eigenvalue weighted by Gasteiger charge is 2.27. The maximum Gasteiger partial charge on any atom is 0.244 e. The fourth-order valence-electron chi connectivity index (χ4n) is 1.88. The molecule has 1 aromatic rings. The fourth-order valence-corrected chi connectivity index (χ4v) is 2.35. The SMILES string of the molecule is CCCC(C)(N)C(=O)Nc1cc(Br)cc(OC(C)C)c1. The first-order valence-electron chi connectivity index (χ1n) is 6.82. The molecule has 1 unspecified atom stereocenters. The van der Waals surface area contributed by atoms with Crippen LogP contribution in [0.15, 0.2) is 22.7 Å². The summed E-state index contributed by atoms with van der Waals surface area (Å²) in [4.78, 5) is 12.2. The summed E-state index contributed by atoms with van der Waals surface area (Å²) in [5.74, 6) is 0.520. The summed E-state index contributed by atoms with van der Waals surface area (Å²) in [6.45, 7) is 7.66. The van der Waals surface area contributed by atoms with E-state index in [1.165, 1.54) is 0 Å². The van der Waals surface area contributed by atoms with E-state index < -0.39 is 5.54 Å². The molecule has 0 aliphatic carbocycles. The molecule has 0 aromatic heterocycles. The molecule has 4 nitrogen and oxygen atoms in total. The third-order valence-electron chi connectivity index (χ3n) is 2.79. The van der Waals surface area contributed by atoms with Gasteiger partial charge in [0.2, 0.25) is 5.91 Å². The normalized spacial score (nSPS) is 13.9. The molecule has 1 amide bonds. The number of hydrogen-bond donors (Lipinski definition) is 2. The number of ether oxygens (including phenoxy) is 1. The van der Waals surface area contributed by atoms with Crippen molar-refractivity contribution in [2.45, 2.75) is 52.2 Å². The second kappa shape index (κ2) is 7.09. The van der Waals surface area contributed by atoms with E-state index in [1.807, 2.05) is 32.9 Å². The van der Waals surface area contributed by atoms with Crippen molar-refractivity contribution in [3.63, 3.8) is 0 Å². The van der Waals surface area contributed by atoms with E-state index in [9.17, 15) is 4.79 Å². The highest BCUT2D eigenvalue weighted by molar-refractivity contribution is 9.10. The van der Waals surface area contributed by atoms with Crippen molar-refractivity contribution < 1.29 is 9.53 Å². The van der Waals surface area contributed by atoms with Crippen molar-refractivity contribution in [1.29, 1.82) is 0 Å². The minimum atomic E-state index is -0.865. The third kappa shape index (κ3) is 5.13. The highest BCUT2D eigenvalue weighted by atomic mass is 79.9. The van der Waals surface area contributed by atoms with Gasteiger partial charge in [0, 0.05) is 16.2 Å². The molecule has 1 rings (SSSR count). The molecule has 1 aromatic carbocycles. The molecule has 0 radical (unpaired) electrons. The second-order valence-electron chi connectivity index (χ2n) is 5.46. The number of amides is 1. The summed E-state index contributed by atoms with van der Waals surface area (Å²) < 4.78 is 6.49. The lowest BCUT2D eigenvalue weighted by Crippen LogP contribution is -2.48. The smallest absolute Gasteiger partial charge is 0.244 e. The van der Waals surface area contributed by atoms with Crippen LogP contribution in [0.2, 0.25) is 0 Å². The maximum atomic E-state index is 12.2. The average molecular weight is 343 g/mol. The van der Waals surface area contributed by atoms with E-state index in [2.05, 4.69) is 21.2 Å². The Morgan fingerprint density at radius 3 is 2.65 bits per heavy atom. The molecular formula is C15H23BrN2O2. The molecule has 112 valence electrons. The van der Waals surface area contributed by atoms with Gasteiger partial charge in [0.1, 0.15) is 5.75 Å². The first-order valence-corrected chi connectivity index (χ1v) is 7.61. The van der Waals surface area contributed by atoms with E-state index in [4.69, 9.17) is 10.5 Å². The Bertz CT molecular complexity index is 473. The van der Waals surface area contributed by atoms with Crippen molar-refractivity contribution >= 4 is 27.5 Å². The van der Waals surface area contributed by atoms with Gasteiger partial charge in [-0.2, -0.15) is 0 Å². The van der Waals surface area contributed by atoms with Crippen LogP contribution < -0.4 is 15.8 Å².